The molecule has 0 aliphatic rings. The zero-order valence-corrected chi connectivity index (χ0v) is 10.9. The molecule has 18 heavy (non-hydrogen) atoms. The second-order valence-electron chi connectivity index (χ2n) is 4.28. The smallest absolute Gasteiger partial charge is 0.196 e. The van der Waals surface area contributed by atoms with Crippen LogP contribution in [0.3, 0.4) is 0 Å². The number of benzene rings is 2. The van der Waals surface area contributed by atoms with Gasteiger partial charge in [-0.05, 0) is 31.0 Å². The number of ether oxygens (including phenoxy) is 1. The minimum atomic E-state index is -0.00412. The summed E-state index contributed by atoms with van der Waals surface area (Å²) < 4.78 is 5.38. The summed E-state index contributed by atoms with van der Waals surface area (Å²) in [5.74, 6) is 0.666. The Morgan fingerprint density at radius 2 is 1.67 bits per heavy atom. The van der Waals surface area contributed by atoms with Gasteiger partial charge in [0.05, 0.1) is 12.7 Å². The fraction of sp³-hybridized carbons (Fsp3) is 0.188. The molecule has 0 amide bonds. The van der Waals surface area contributed by atoms with Crippen LogP contribution in [0.25, 0.3) is 0 Å². The van der Waals surface area contributed by atoms with Crippen LogP contribution >= 0.6 is 0 Å². The Labute approximate surface area is 107 Å². The largest absolute Gasteiger partial charge is 0.496 e. The van der Waals surface area contributed by atoms with Crippen molar-refractivity contribution in [3.8, 4) is 5.75 Å². The van der Waals surface area contributed by atoms with Crippen LogP contribution < -0.4 is 4.74 Å². The van der Waals surface area contributed by atoms with Crippen LogP contribution in [-0.2, 0) is 0 Å². The lowest BCUT2D eigenvalue weighted by atomic mass is 9.98. The van der Waals surface area contributed by atoms with Crippen molar-refractivity contribution >= 4 is 5.78 Å². The molecule has 0 saturated heterocycles. The third-order valence-corrected chi connectivity index (χ3v) is 3.16. The van der Waals surface area contributed by atoms with E-state index in [0.717, 1.165) is 11.1 Å². The monoisotopic (exact) mass is 240 g/mol. The summed E-state index contributed by atoms with van der Waals surface area (Å²) in [7, 11) is 1.60. The van der Waals surface area contributed by atoms with Gasteiger partial charge in [0.1, 0.15) is 5.75 Å². The highest BCUT2D eigenvalue weighted by atomic mass is 16.5. The molecule has 0 unspecified atom stereocenters. The van der Waals surface area contributed by atoms with Gasteiger partial charge in [-0.15, -0.1) is 0 Å². The lowest BCUT2D eigenvalue weighted by molar-refractivity contribution is 0.103. The first-order valence-corrected chi connectivity index (χ1v) is 5.89. The number of hydrogen-bond acceptors (Lipinski definition) is 2. The fourth-order valence-corrected chi connectivity index (χ4v) is 1.98. The molecule has 0 heterocycles. The Morgan fingerprint density at radius 3 is 2.28 bits per heavy atom. The first-order chi connectivity index (χ1) is 8.65. The quantitative estimate of drug-likeness (QED) is 0.767. The van der Waals surface area contributed by atoms with Crippen molar-refractivity contribution in [3.05, 3.63) is 64.7 Å². The van der Waals surface area contributed by atoms with E-state index in [1.54, 1.807) is 7.11 Å². The Hall–Kier alpha value is -2.09. The maximum Gasteiger partial charge on any atom is 0.196 e. The van der Waals surface area contributed by atoms with Crippen molar-refractivity contribution in [1.29, 1.82) is 0 Å². The van der Waals surface area contributed by atoms with Gasteiger partial charge in [0.2, 0.25) is 0 Å². The molecule has 2 aromatic carbocycles. The Morgan fingerprint density at radius 1 is 1.00 bits per heavy atom. The Kier molecular flexibility index (Phi) is 3.47. The molecule has 0 bridgehead atoms. The molecule has 0 aromatic heterocycles. The maximum absolute atomic E-state index is 12.4. The standard InChI is InChI=1S/C16H16O2/c1-11-9-10-14(16(18-3)12(11)2)15(17)13-7-5-4-6-8-13/h4-10H,1-3H3. The molecule has 0 atom stereocenters. The number of hydrogen-bond donors (Lipinski definition) is 0. The van der Waals surface area contributed by atoms with Crippen LogP contribution in [-0.4, -0.2) is 12.9 Å². The predicted molar refractivity (Wildman–Crippen MR) is 72.3 cm³/mol. The molecule has 0 spiro atoms. The zero-order chi connectivity index (χ0) is 13.1. The van der Waals surface area contributed by atoms with Crippen molar-refractivity contribution in [2.45, 2.75) is 13.8 Å². The van der Waals surface area contributed by atoms with E-state index in [1.807, 2.05) is 56.3 Å². The van der Waals surface area contributed by atoms with Gasteiger partial charge in [0.25, 0.3) is 0 Å². The maximum atomic E-state index is 12.4. The molecule has 92 valence electrons. The molecule has 0 fully saturated rings. The van der Waals surface area contributed by atoms with Crippen LogP contribution in [0.5, 0.6) is 5.75 Å². The number of methoxy groups -OCH3 is 1. The molecule has 2 nitrogen and oxygen atoms in total. The highest BCUT2D eigenvalue weighted by molar-refractivity contribution is 6.11. The van der Waals surface area contributed by atoms with E-state index in [1.165, 1.54) is 0 Å². The van der Waals surface area contributed by atoms with Gasteiger partial charge in [0, 0.05) is 5.56 Å². The molecule has 2 rings (SSSR count). The summed E-state index contributed by atoms with van der Waals surface area (Å²) in [6.07, 6.45) is 0. The van der Waals surface area contributed by atoms with E-state index >= 15 is 0 Å². The van der Waals surface area contributed by atoms with Gasteiger partial charge in [-0.25, -0.2) is 0 Å². The number of aryl methyl sites for hydroxylation is 1. The van der Waals surface area contributed by atoms with Gasteiger partial charge >= 0.3 is 0 Å². The van der Waals surface area contributed by atoms with Gasteiger partial charge in [-0.3, -0.25) is 4.79 Å². The van der Waals surface area contributed by atoms with E-state index in [4.69, 9.17) is 4.74 Å². The second-order valence-corrected chi connectivity index (χ2v) is 4.28. The van der Waals surface area contributed by atoms with E-state index < -0.39 is 0 Å². The summed E-state index contributed by atoms with van der Waals surface area (Å²) in [6, 6.07) is 13.0. The third kappa shape index (κ3) is 2.14. The van der Waals surface area contributed by atoms with Crippen LogP contribution in [0.4, 0.5) is 0 Å². The molecule has 0 saturated carbocycles. The first-order valence-electron chi connectivity index (χ1n) is 5.89. The summed E-state index contributed by atoms with van der Waals surface area (Å²) in [5.41, 5.74) is 3.43. The molecule has 2 aromatic rings. The van der Waals surface area contributed by atoms with Crippen molar-refractivity contribution in [2.75, 3.05) is 7.11 Å². The molecular weight excluding hydrogens is 224 g/mol. The van der Waals surface area contributed by atoms with Gasteiger partial charge in [-0.1, -0.05) is 36.4 Å². The SMILES string of the molecule is COc1c(C(=O)c2ccccc2)ccc(C)c1C. The van der Waals surface area contributed by atoms with E-state index in [-0.39, 0.29) is 5.78 Å². The normalized spacial score (nSPS) is 10.2. The van der Waals surface area contributed by atoms with Crippen LogP contribution in [0.15, 0.2) is 42.5 Å². The van der Waals surface area contributed by atoms with E-state index in [2.05, 4.69) is 0 Å². The van der Waals surface area contributed by atoms with E-state index in [0.29, 0.717) is 16.9 Å². The Balaban J connectivity index is 2.52. The number of ketones is 1. The number of carbonyl (C=O) groups excluding carboxylic acids is 1. The highest BCUT2D eigenvalue weighted by Gasteiger charge is 2.16. The topological polar surface area (TPSA) is 26.3 Å². The van der Waals surface area contributed by atoms with Gasteiger partial charge < -0.3 is 4.74 Å². The molecule has 2 heteroatoms. The predicted octanol–water partition coefficient (Wildman–Crippen LogP) is 3.54. The van der Waals surface area contributed by atoms with Crippen molar-refractivity contribution < 1.29 is 9.53 Å². The van der Waals surface area contributed by atoms with Gasteiger partial charge in [0.15, 0.2) is 5.78 Å². The summed E-state index contributed by atoms with van der Waals surface area (Å²) in [4.78, 5) is 12.4. The van der Waals surface area contributed by atoms with Crippen LogP contribution in [0.2, 0.25) is 0 Å². The molecule has 0 aliphatic heterocycles. The molecule has 0 radical (unpaired) electrons. The van der Waals surface area contributed by atoms with E-state index in [9.17, 15) is 4.79 Å². The molecule has 0 N–H and O–H groups in total. The first kappa shape index (κ1) is 12.4. The van der Waals surface area contributed by atoms with Crippen molar-refractivity contribution in [1.82, 2.24) is 0 Å². The highest BCUT2D eigenvalue weighted by Crippen LogP contribution is 2.28. The van der Waals surface area contributed by atoms with Crippen LogP contribution in [0, 0.1) is 13.8 Å². The fourth-order valence-electron chi connectivity index (χ4n) is 1.98. The van der Waals surface area contributed by atoms with Gasteiger partial charge in [-0.2, -0.15) is 0 Å². The van der Waals surface area contributed by atoms with Crippen LogP contribution in [0.1, 0.15) is 27.0 Å². The van der Waals surface area contributed by atoms with Crippen molar-refractivity contribution in [2.24, 2.45) is 0 Å². The minimum absolute atomic E-state index is 0.00412. The Bertz CT molecular complexity index is 571. The summed E-state index contributed by atoms with van der Waals surface area (Å²) in [5, 5.41) is 0. The molecular formula is C16H16O2. The number of rotatable bonds is 3. The molecule has 0 aliphatic carbocycles. The summed E-state index contributed by atoms with van der Waals surface area (Å²) in [6.45, 7) is 3.98. The lowest BCUT2D eigenvalue weighted by Crippen LogP contribution is -2.05. The average Bonchev–Trinajstić information content (AvgIpc) is 2.42. The summed E-state index contributed by atoms with van der Waals surface area (Å²) >= 11 is 0. The zero-order valence-electron chi connectivity index (χ0n) is 10.9. The average molecular weight is 240 g/mol. The number of carbonyl (C=O) groups is 1. The lowest BCUT2D eigenvalue weighted by Gasteiger charge is -2.12. The van der Waals surface area contributed by atoms with Crippen molar-refractivity contribution in [3.63, 3.8) is 0 Å². The second kappa shape index (κ2) is 5.05. The minimum Gasteiger partial charge on any atom is -0.496 e. The third-order valence-electron chi connectivity index (χ3n) is 3.16.